The van der Waals surface area contributed by atoms with E-state index >= 15 is 0 Å². The summed E-state index contributed by atoms with van der Waals surface area (Å²) in [7, 11) is 0. The van der Waals surface area contributed by atoms with Gasteiger partial charge in [0.2, 0.25) is 0 Å². The molecular weight excluding hydrogens is 388 g/mol. The summed E-state index contributed by atoms with van der Waals surface area (Å²) < 4.78 is 10.5. The molecule has 0 saturated carbocycles. The molecule has 0 unspecified atom stereocenters. The highest BCUT2D eigenvalue weighted by atomic mass is 16.5. The van der Waals surface area contributed by atoms with Crippen molar-refractivity contribution in [1.82, 2.24) is 20.3 Å². The molecule has 2 aromatic heterocycles. The van der Waals surface area contributed by atoms with Crippen molar-refractivity contribution in [2.45, 2.75) is 6.92 Å². The van der Waals surface area contributed by atoms with Gasteiger partial charge in [0.25, 0.3) is 11.8 Å². The highest BCUT2D eigenvalue weighted by Gasteiger charge is 2.24. The summed E-state index contributed by atoms with van der Waals surface area (Å²) in [6.07, 6.45) is 0. The average Bonchev–Trinajstić information content (AvgIpc) is 3.20. The Morgan fingerprint density at radius 2 is 1.90 bits per heavy atom. The van der Waals surface area contributed by atoms with E-state index in [1.807, 2.05) is 0 Å². The van der Waals surface area contributed by atoms with E-state index < -0.39 is 5.91 Å². The number of rotatable bonds is 5. The molecule has 0 atom stereocenters. The predicted molar refractivity (Wildman–Crippen MR) is 108 cm³/mol. The van der Waals surface area contributed by atoms with Crippen LogP contribution in [0.3, 0.4) is 0 Å². The number of carbonyl (C=O) groups is 2. The Morgan fingerprint density at radius 1 is 1.13 bits per heavy atom. The first-order valence-corrected chi connectivity index (χ1v) is 9.77. The van der Waals surface area contributed by atoms with E-state index in [9.17, 15) is 14.4 Å². The van der Waals surface area contributed by atoms with Crippen LogP contribution in [0, 0.1) is 6.92 Å². The van der Waals surface area contributed by atoms with Gasteiger partial charge in [0.1, 0.15) is 11.3 Å². The van der Waals surface area contributed by atoms with E-state index in [0.29, 0.717) is 61.7 Å². The van der Waals surface area contributed by atoms with Gasteiger partial charge in [-0.25, -0.2) is 0 Å². The summed E-state index contributed by atoms with van der Waals surface area (Å²) in [5.41, 5.74) is 0.466. The zero-order chi connectivity index (χ0) is 21.1. The molecule has 1 aliphatic rings. The first-order chi connectivity index (χ1) is 14.5. The first kappa shape index (κ1) is 19.8. The van der Waals surface area contributed by atoms with Crippen LogP contribution in [-0.4, -0.2) is 66.0 Å². The fourth-order valence-corrected chi connectivity index (χ4v) is 3.43. The standard InChI is InChI=1S/C21H22N4O5/c1-14-12-16(23-30-14)21(28)25-10-8-24(9-11-25)7-6-22-20(27)19-13-17(26)15-4-2-3-5-18(15)29-19/h2-5,12-13H,6-11H2,1H3,(H,22,27). The van der Waals surface area contributed by atoms with Crippen LogP contribution in [0.15, 0.2) is 50.1 Å². The summed E-state index contributed by atoms with van der Waals surface area (Å²) in [5.74, 6) is 0.0474. The van der Waals surface area contributed by atoms with Crippen LogP contribution in [0.5, 0.6) is 0 Å². The van der Waals surface area contributed by atoms with Crippen molar-refractivity contribution in [3.8, 4) is 0 Å². The van der Waals surface area contributed by atoms with Crippen molar-refractivity contribution in [1.29, 1.82) is 0 Å². The Morgan fingerprint density at radius 3 is 2.63 bits per heavy atom. The molecule has 4 rings (SSSR count). The van der Waals surface area contributed by atoms with Gasteiger partial charge in [0.15, 0.2) is 16.9 Å². The number of nitrogens with one attached hydrogen (secondary N) is 1. The van der Waals surface area contributed by atoms with Crippen molar-refractivity contribution in [2.24, 2.45) is 0 Å². The molecule has 0 radical (unpaired) electrons. The lowest BCUT2D eigenvalue weighted by Gasteiger charge is -2.34. The van der Waals surface area contributed by atoms with Gasteiger partial charge >= 0.3 is 0 Å². The topological polar surface area (TPSA) is 109 Å². The van der Waals surface area contributed by atoms with E-state index in [1.54, 1.807) is 42.2 Å². The van der Waals surface area contributed by atoms with Crippen LogP contribution in [0.25, 0.3) is 11.0 Å². The molecule has 156 valence electrons. The van der Waals surface area contributed by atoms with Gasteiger partial charge < -0.3 is 19.2 Å². The minimum absolute atomic E-state index is 0.00276. The van der Waals surface area contributed by atoms with Crippen LogP contribution in [0.4, 0.5) is 0 Å². The zero-order valence-corrected chi connectivity index (χ0v) is 16.6. The number of para-hydroxylation sites is 1. The summed E-state index contributed by atoms with van der Waals surface area (Å²) >= 11 is 0. The Hall–Kier alpha value is -3.46. The molecule has 0 bridgehead atoms. The number of aryl methyl sites for hydroxylation is 1. The lowest BCUT2D eigenvalue weighted by atomic mass is 10.2. The highest BCUT2D eigenvalue weighted by Crippen LogP contribution is 2.12. The molecular formula is C21H22N4O5. The Balaban J connectivity index is 1.26. The van der Waals surface area contributed by atoms with E-state index in [4.69, 9.17) is 8.94 Å². The fraction of sp³-hybridized carbons (Fsp3) is 0.333. The maximum absolute atomic E-state index is 12.4. The van der Waals surface area contributed by atoms with Gasteiger partial charge in [0, 0.05) is 51.4 Å². The largest absolute Gasteiger partial charge is 0.451 e. The van der Waals surface area contributed by atoms with E-state index in [1.165, 1.54) is 6.07 Å². The first-order valence-electron chi connectivity index (χ1n) is 9.77. The molecule has 0 aliphatic carbocycles. The van der Waals surface area contributed by atoms with Crippen molar-refractivity contribution >= 4 is 22.8 Å². The van der Waals surface area contributed by atoms with Crippen molar-refractivity contribution in [3.63, 3.8) is 0 Å². The smallest absolute Gasteiger partial charge is 0.287 e. The van der Waals surface area contributed by atoms with Crippen LogP contribution >= 0.6 is 0 Å². The second-order valence-electron chi connectivity index (χ2n) is 7.18. The number of amides is 2. The number of benzene rings is 1. The third kappa shape index (κ3) is 4.25. The summed E-state index contributed by atoms with van der Waals surface area (Å²) in [6.45, 7) is 5.35. The monoisotopic (exact) mass is 410 g/mol. The zero-order valence-electron chi connectivity index (χ0n) is 16.6. The normalized spacial score (nSPS) is 14.8. The van der Waals surface area contributed by atoms with Crippen molar-refractivity contribution in [3.05, 3.63) is 63.8 Å². The molecule has 1 aliphatic heterocycles. The summed E-state index contributed by atoms with van der Waals surface area (Å²) in [4.78, 5) is 40.8. The quantitative estimate of drug-likeness (QED) is 0.675. The second-order valence-corrected chi connectivity index (χ2v) is 7.18. The maximum atomic E-state index is 12.4. The number of hydrogen-bond donors (Lipinski definition) is 1. The van der Waals surface area contributed by atoms with E-state index in [0.717, 1.165) is 0 Å². The number of hydrogen-bond acceptors (Lipinski definition) is 7. The number of piperazine rings is 1. The third-order valence-corrected chi connectivity index (χ3v) is 5.08. The van der Waals surface area contributed by atoms with Crippen LogP contribution in [0.1, 0.15) is 26.8 Å². The van der Waals surface area contributed by atoms with E-state index in [2.05, 4.69) is 15.4 Å². The molecule has 0 spiro atoms. The Kier molecular flexibility index (Phi) is 5.62. The van der Waals surface area contributed by atoms with Gasteiger partial charge in [-0.05, 0) is 19.1 Å². The lowest BCUT2D eigenvalue weighted by molar-refractivity contribution is 0.0627. The van der Waals surface area contributed by atoms with Crippen LogP contribution in [-0.2, 0) is 0 Å². The second kappa shape index (κ2) is 8.50. The number of fused-ring (bicyclic) bond motifs is 1. The molecule has 9 heteroatoms. The Bertz CT molecular complexity index is 1130. The molecule has 9 nitrogen and oxygen atoms in total. The van der Waals surface area contributed by atoms with Gasteiger partial charge in [-0.15, -0.1) is 0 Å². The highest BCUT2D eigenvalue weighted by molar-refractivity contribution is 5.93. The predicted octanol–water partition coefficient (Wildman–Crippen LogP) is 1.28. The third-order valence-electron chi connectivity index (χ3n) is 5.08. The van der Waals surface area contributed by atoms with Crippen LogP contribution < -0.4 is 10.7 Å². The van der Waals surface area contributed by atoms with Crippen molar-refractivity contribution in [2.75, 3.05) is 39.3 Å². The van der Waals surface area contributed by atoms with Crippen molar-refractivity contribution < 1.29 is 18.5 Å². The molecule has 1 N–H and O–H groups in total. The van der Waals surface area contributed by atoms with Gasteiger partial charge in [-0.3, -0.25) is 19.3 Å². The number of aromatic nitrogens is 1. The minimum atomic E-state index is -0.423. The molecule has 1 saturated heterocycles. The number of nitrogens with zero attached hydrogens (tertiary/aromatic N) is 3. The van der Waals surface area contributed by atoms with Crippen LogP contribution in [0.2, 0.25) is 0 Å². The average molecular weight is 410 g/mol. The van der Waals surface area contributed by atoms with E-state index in [-0.39, 0.29) is 17.1 Å². The molecule has 3 aromatic rings. The molecule has 30 heavy (non-hydrogen) atoms. The molecule has 3 heterocycles. The fourth-order valence-electron chi connectivity index (χ4n) is 3.43. The molecule has 2 amide bonds. The maximum Gasteiger partial charge on any atom is 0.287 e. The lowest BCUT2D eigenvalue weighted by Crippen LogP contribution is -2.50. The van der Waals surface area contributed by atoms with Gasteiger partial charge in [-0.2, -0.15) is 0 Å². The molecule has 1 aromatic carbocycles. The van der Waals surface area contributed by atoms with Gasteiger partial charge in [0.05, 0.1) is 5.39 Å². The SMILES string of the molecule is Cc1cc(C(=O)N2CCN(CCNC(=O)c3cc(=O)c4ccccc4o3)CC2)no1. The Labute approximate surface area is 172 Å². The van der Waals surface area contributed by atoms with Gasteiger partial charge in [-0.1, -0.05) is 17.3 Å². The summed E-state index contributed by atoms with van der Waals surface area (Å²) in [5, 5.41) is 7.01. The number of carbonyl (C=O) groups excluding carboxylic acids is 2. The molecule has 1 fully saturated rings. The summed E-state index contributed by atoms with van der Waals surface area (Å²) in [6, 6.07) is 9.68. The minimum Gasteiger partial charge on any atom is -0.451 e.